The van der Waals surface area contributed by atoms with Crippen molar-refractivity contribution in [2.24, 2.45) is 5.92 Å². The molecule has 2 atom stereocenters. The zero-order chi connectivity index (χ0) is 19.1. The van der Waals surface area contributed by atoms with E-state index < -0.39 is 0 Å². The van der Waals surface area contributed by atoms with Gasteiger partial charge < -0.3 is 9.42 Å². The quantitative estimate of drug-likeness (QED) is 0.806. The van der Waals surface area contributed by atoms with Gasteiger partial charge >= 0.3 is 0 Å². The third-order valence-corrected chi connectivity index (χ3v) is 7.06. The van der Waals surface area contributed by atoms with Gasteiger partial charge in [-0.1, -0.05) is 5.16 Å². The van der Waals surface area contributed by atoms with Gasteiger partial charge in [-0.15, -0.1) is 11.3 Å². The first-order chi connectivity index (χ1) is 12.9. The summed E-state index contributed by atoms with van der Waals surface area (Å²) in [6, 6.07) is 0.311. The van der Waals surface area contributed by atoms with E-state index in [1.54, 1.807) is 11.3 Å². The minimum atomic E-state index is 0.260. The number of thiazole rings is 1. The van der Waals surface area contributed by atoms with Gasteiger partial charge in [0.15, 0.2) is 0 Å². The smallest absolute Gasteiger partial charge is 0.228 e. The zero-order valence-corrected chi connectivity index (χ0v) is 17.4. The molecule has 3 saturated heterocycles. The molecule has 0 unspecified atom stereocenters. The number of fused-ring (bicyclic) bond motifs is 4. The van der Waals surface area contributed by atoms with Crippen LogP contribution in [0.4, 0.5) is 0 Å². The second-order valence-corrected chi connectivity index (χ2v) is 9.35. The summed E-state index contributed by atoms with van der Waals surface area (Å²) in [5, 5.41) is 5.13. The third-order valence-electron chi connectivity index (χ3n) is 5.98. The molecule has 2 aromatic rings. The van der Waals surface area contributed by atoms with Crippen LogP contribution in [0.1, 0.15) is 45.4 Å². The lowest BCUT2D eigenvalue weighted by Gasteiger charge is -2.36. The Morgan fingerprint density at radius 3 is 2.63 bits per heavy atom. The predicted molar refractivity (Wildman–Crippen MR) is 105 cm³/mol. The normalized spacial score (nSPS) is 23.0. The molecule has 5 heterocycles. The van der Waals surface area contributed by atoms with Crippen molar-refractivity contribution in [2.75, 3.05) is 19.6 Å². The Balaban J connectivity index is 1.46. The number of aromatic nitrogens is 2. The second kappa shape index (κ2) is 7.36. The van der Waals surface area contributed by atoms with Crippen molar-refractivity contribution in [3.63, 3.8) is 0 Å². The SMILES string of the molecule is Cc1nc(C)c(CC(=O)N2C[C@H]3CC[C@@H]2CN(Cc2c(C)noc2C)C3)s1. The van der Waals surface area contributed by atoms with Crippen LogP contribution in [0.2, 0.25) is 0 Å². The molecule has 0 aromatic carbocycles. The van der Waals surface area contributed by atoms with E-state index in [1.165, 1.54) is 12.0 Å². The fourth-order valence-corrected chi connectivity index (χ4v) is 5.47. The molecule has 6 nitrogen and oxygen atoms in total. The van der Waals surface area contributed by atoms with Crippen LogP contribution in [0.25, 0.3) is 0 Å². The zero-order valence-electron chi connectivity index (χ0n) is 16.6. The Kier molecular flexibility index (Phi) is 5.07. The molecular weight excluding hydrogens is 360 g/mol. The summed E-state index contributed by atoms with van der Waals surface area (Å²) in [6.45, 7) is 11.7. The number of carbonyl (C=O) groups is 1. The van der Waals surface area contributed by atoms with Crippen molar-refractivity contribution in [3.05, 3.63) is 32.6 Å². The maximum atomic E-state index is 13.1. The number of hydrogen-bond acceptors (Lipinski definition) is 6. The molecule has 3 aliphatic heterocycles. The van der Waals surface area contributed by atoms with E-state index in [0.717, 1.165) is 59.6 Å². The molecule has 5 rings (SSSR count). The van der Waals surface area contributed by atoms with Crippen molar-refractivity contribution in [3.8, 4) is 0 Å². The van der Waals surface area contributed by atoms with Gasteiger partial charge in [0.2, 0.25) is 5.91 Å². The van der Waals surface area contributed by atoms with Gasteiger partial charge in [0.05, 0.1) is 22.8 Å². The minimum absolute atomic E-state index is 0.260. The van der Waals surface area contributed by atoms with Gasteiger partial charge in [0.1, 0.15) is 5.76 Å². The van der Waals surface area contributed by atoms with E-state index in [4.69, 9.17) is 4.52 Å². The molecule has 0 saturated carbocycles. The highest BCUT2D eigenvalue weighted by Gasteiger charge is 2.37. The van der Waals surface area contributed by atoms with E-state index in [2.05, 4.69) is 19.9 Å². The summed E-state index contributed by atoms with van der Waals surface area (Å²) in [5.74, 6) is 1.72. The van der Waals surface area contributed by atoms with Crippen molar-refractivity contribution in [1.82, 2.24) is 19.9 Å². The molecule has 2 aromatic heterocycles. The summed E-state index contributed by atoms with van der Waals surface area (Å²) < 4.78 is 5.33. The van der Waals surface area contributed by atoms with Gasteiger partial charge in [-0.05, 0) is 46.5 Å². The van der Waals surface area contributed by atoms with Gasteiger partial charge in [-0.3, -0.25) is 9.69 Å². The lowest BCUT2D eigenvalue weighted by molar-refractivity contribution is -0.134. The van der Waals surface area contributed by atoms with E-state index >= 15 is 0 Å². The molecule has 0 spiro atoms. The average Bonchev–Trinajstić information content (AvgIpc) is 2.96. The number of rotatable bonds is 4. The van der Waals surface area contributed by atoms with Crippen LogP contribution in [0.5, 0.6) is 0 Å². The monoisotopic (exact) mass is 388 g/mol. The van der Waals surface area contributed by atoms with E-state index in [0.29, 0.717) is 18.4 Å². The molecule has 3 aliphatic rings. The standard InChI is InChI=1S/C20H28N4O2S/c1-12-18(14(3)26-22-12)11-23-8-16-5-6-17(10-23)24(9-16)20(25)7-19-13(2)21-15(4)27-19/h16-17H,5-11H2,1-4H3/t16-,17+/m0/s1. The highest BCUT2D eigenvalue weighted by molar-refractivity contribution is 7.11. The first-order valence-electron chi connectivity index (χ1n) is 9.77. The number of hydrogen-bond donors (Lipinski definition) is 0. The first kappa shape index (κ1) is 18.6. The second-order valence-electron chi connectivity index (χ2n) is 8.06. The van der Waals surface area contributed by atoms with Crippen LogP contribution in [0, 0.1) is 33.6 Å². The van der Waals surface area contributed by atoms with E-state index in [1.807, 2.05) is 27.7 Å². The molecule has 27 heavy (non-hydrogen) atoms. The maximum absolute atomic E-state index is 13.1. The largest absolute Gasteiger partial charge is 0.361 e. The number of aryl methyl sites for hydroxylation is 4. The van der Waals surface area contributed by atoms with Crippen molar-refractivity contribution in [1.29, 1.82) is 0 Å². The average molecular weight is 389 g/mol. The number of nitrogens with zero attached hydrogens (tertiary/aromatic N) is 4. The van der Waals surface area contributed by atoms with Crippen LogP contribution in [-0.4, -0.2) is 51.5 Å². The molecule has 0 N–H and O–H groups in total. The molecule has 1 amide bonds. The number of piperidine rings is 1. The Morgan fingerprint density at radius 1 is 1.15 bits per heavy atom. The predicted octanol–water partition coefficient (Wildman–Crippen LogP) is 3.03. The third kappa shape index (κ3) is 3.80. The van der Waals surface area contributed by atoms with Gasteiger partial charge in [-0.2, -0.15) is 0 Å². The van der Waals surface area contributed by atoms with Gasteiger partial charge in [0.25, 0.3) is 0 Å². The Bertz CT molecular complexity index is 824. The number of amides is 1. The van der Waals surface area contributed by atoms with Crippen molar-refractivity contribution < 1.29 is 9.32 Å². The first-order valence-corrected chi connectivity index (χ1v) is 10.6. The highest BCUT2D eigenvalue weighted by atomic mass is 32.1. The minimum Gasteiger partial charge on any atom is -0.361 e. The maximum Gasteiger partial charge on any atom is 0.228 e. The molecule has 3 fully saturated rings. The summed E-state index contributed by atoms with van der Waals surface area (Å²) in [4.78, 5) is 23.3. The molecule has 0 radical (unpaired) electrons. The summed E-state index contributed by atoms with van der Waals surface area (Å²) in [6.07, 6.45) is 2.81. The van der Waals surface area contributed by atoms with Crippen LogP contribution in [0.3, 0.4) is 0 Å². The molecule has 146 valence electrons. The van der Waals surface area contributed by atoms with Crippen LogP contribution >= 0.6 is 11.3 Å². The fourth-order valence-electron chi connectivity index (χ4n) is 4.54. The van der Waals surface area contributed by atoms with Crippen LogP contribution in [0.15, 0.2) is 4.52 Å². The fraction of sp³-hybridized carbons (Fsp3) is 0.650. The van der Waals surface area contributed by atoms with Gasteiger partial charge in [-0.25, -0.2) is 4.98 Å². The molecule has 7 heteroatoms. The van der Waals surface area contributed by atoms with E-state index in [-0.39, 0.29) is 5.91 Å². The Hall–Kier alpha value is -1.73. The number of carbonyl (C=O) groups excluding carboxylic acids is 1. The molecular formula is C20H28N4O2S. The summed E-state index contributed by atoms with van der Waals surface area (Å²) in [7, 11) is 0. The lowest BCUT2D eigenvalue weighted by atomic mass is 9.94. The van der Waals surface area contributed by atoms with Gasteiger partial charge in [0, 0.05) is 42.7 Å². The highest BCUT2D eigenvalue weighted by Crippen LogP contribution is 2.30. The van der Waals surface area contributed by atoms with Crippen LogP contribution in [-0.2, 0) is 17.8 Å². The van der Waals surface area contributed by atoms with Crippen LogP contribution < -0.4 is 0 Å². The molecule has 2 bridgehead atoms. The van der Waals surface area contributed by atoms with Crippen molar-refractivity contribution >= 4 is 17.2 Å². The molecule has 0 aliphatic carbocycles. The summed E-state index contributed by atoms with van der Waals surface area (Å²) >= 11 is 1.65. The summed E-state index contributed by atoms with van der Waals surface area (Å²) in [5.41, 5.74) is 3.18. The van der Waals surface area contributed by atoms with E-state index in [9.17, 15) is 4.79 Å². The Morgan fingerprint density at radius 2 is 1.96 bits per heavy atom. The lowest BCUT2D eigenvalue weighted by Crippen LogP contribution is -2.48. The Labute approximate surface area is 164 Å². The van der Waals surface area contributed by atoms with Crippen molar-refractivity contribution in [2.45, 2.75) is 59.5 Å². The topological polar surface area (TPSA) is 62.5 Å².